The maximum atomic E-state index is 11.8. The highest BCUT2D eigenvalue weighted by molar-refractivity contribution is 5.83. The van der Waals surface area contributed by atoms with Crippen molar-refractivity contribution in [2.75, 3.05) is 6.61 Å². The van der Waals surface area contributed by atoms with Crippen LogP contribution in [-0.2, 0) is 9.53 Å². The molecule has 0 aromatic heterocycles. The number of hydrogen-bond acceptors (Lipinski definition) is 2. The van der Waals surface area contributed by atoms with E-state index in [1.807, 2.05) is 5.92 Å². The Bertz CT molecular complexity index is 258. The summed E-state index contributed by atoms with van der Waals surface area (Å²) in [7, 11) is 0. The number of rotatable bonds is 2. The molecule has 0 aromatic carbocycles. The zero-order valence-corrected chi connectivity index (χ0v) is 6.81. The van der Waals surface area contributed by atoms with Crippen LogP contribution in [0.15, 0.2) is 11.6 Å². The van der Waals surface area contributed by atoms with Gasteiger partial charge in [0, 0.05) is 11.6 Å². The molecular weight excluding hydrogens is 185 g/mol. The van der Waals surface area contributed by atoms with E-state index in [9.17, 15) is 18.0 Å². The second-order valence-corrected chi connectivity index (χ2v) is 2.14. The van der Waals surface area contributed by atoms with Crippen LogP contribution >= 0.6 is 0 Å². The first-order valence-electron chi connectivity index (χ1n) is 3.23. The van der Waals surface area contributed by atoms with Crippen LogP contribution in [0.3, 0.4) is 0 Å². The quantitative estimate of drug-likeness (QED) is 0.378. The van der Waals surface area contributed by atoms with Gasteiger partial charge in [0.2, 0.25) is 0 Å². The minimum Gasteiger partial charge on any atom is -0.449 e. The SMILES string of the molecule is C#CCOC(=O)/C=C(\C)C(F)(F)F. The molecule has 0 saturated heterocycles. The third-order valence-electron chi connectivity index (χ3n) is 1.08. The van der Waals surface area contributed by atoms with Gasteiger partial charge in [0.05, 0.1) is 0 Å². The molecule has 0 unspecified atom stereocenters. The van der Waals surface area contributed by atoms with E-state index in [1.54, 1.807) is 0 Å². The molecule has 13 heavy (non-hydrogen) atoms. The summed E-state index contributed by atoms with van der Waals surface area (Å²) in [6, 6.07) is 0. The molecule has 0 aromatic rings. The van der Waals surface area contributed by atoms with E-state index in [-0.39, 0.29) is 6.61 Å². The number of hydrogen-bond donors (Lipinski definition) is 0. The summed E-state index contributed by atoms with van der Waals surface area (Å²) in [6.07, 6.45) is 0.577. The highest BCUT2D eigenvalue weighted by Gasteiger charge is 2.30. The molecule has 0 aliphatic rings. The third kappa shape index (κ3) is 4.90. The van der Waals surface area contributed by atoms with Gasteiger partial charge < -0.3 is 4.74 Å². The first-order chi connectivity index (χ1) is 5.88. The molecule has 0 saturated carbocycles. The lowest BCUT2D eigenvalue weighted by Crippen LogP contribution is -2.12. The van der Waals surface area contributed by atoms with Gasteiger partial charge in [-0.1, -0.05) is 5.92 Å². The topological polar surface area (TPSA) is 26.3 Å². The molecule has 0 atom stereocenters. The summed E-state index contributed by atoms with van der Waals surface area (Å²) in [5.74, 6) is 0.867. The lowest BCUT2D eigenvalue weighted by Gasteiger charge is -2.05. The lowest BCUT2D eigenvalue weighted by atomic mass is 10.3. The second-order valence-electron chi connectivity index (χ2n) is 2.14. The number of esters is 1. The summed E-state index contributed by atoms with van der Waals surface area (Å²) in [4.78, 5) is 10.6. The number of terminal acetylenes is 1. The van der Waals surface area contributed by atoms with E-state index in [1.165, 1.54) is 0 Å². The van der Waals surface area contributed by atoms with Crippen molar-refractivity contribution in [2.45, 2.75) is 13.1 Å². The predicted molar refractivity (Wildman–Crippen MR) is 39.6 cm³/mol. The molecule has 0 aliphatic carbocycles. The van der Waals surface area contributed by atoms with E-state index < -0.39 is 17.7 Å². The number of alkyl halides is 3. The van der Waals surface area contributed by atoms with Crippen molar-refractivity contribution in [3.05, 3.63) is 11.6 Å². The van der Waals surface area contributed by atoms with Crippen LogP contribution in [0.5, 0.6) is 0 Å². The summed E-state index contributed by atoms with van der Waals surface area (Å²) in [5.41, 5.74) is -1.02. The Labute approximate surface area is 73.4 Å². The fraction of sp³-hybridized carbons (Fsp3) is 0.375. The zero-order chi connectivity index (χ0) is 10.5. The van der Waals surface area contributed by atoms with Crippen LogP contribution in [0.4, 0.5) is 13.2 Å². The van der Waals surface area contributed by atoms with E-state index in [0.717, 1.165) is 6.92 Å². The Hall–Kier alpha value is -1.44. The Morgan fingerprint density at radius 1 is 1.62 bits per heavy atom. The van der Waals surface area contributed by atoms with Gasteiger partial charge in [-0.05, 0) is 6.92 Å². The highest BCUT2D eigenvalue weighted by Crippen LogP contribution is 2.24. The first kappa shape index (κ1) is 11.6. The van der Waals surface area contributed by atoms with Crippen molar-refractivity contribution in [3.63, 3.8) is 0 Å². The monoisotopic (exact) mass is 192 g/mol. The molecule has 0 aliphatic heterocycles. The van der Waals surface area contributed by atoms with Crippen molar-refractivity contribution in [1.29, 1.82) is 0 Å². The van der Waals surface area contributed by atoms with Crippen LogP contribution in [0.25, 0.3) is 0 Å². The van der Waals surface area contributed by atoms with Crippen molar-refractivity contribution >= 4 is 5.97 Å². The molecule has 0 bridgehead atoms. The van der Waals surface area contributed by atoms with Gasteiger partial charge in [-0.25, -0.2) is 4.79 Å². The van der Waals surface area contributed by atoms with Crippen LogP contribution in [0.2, 0.25) is 0 Å². The Balaban J connectivity index is 4.25. The number of halogens is 3. The molecule has 0 N–H and O–H groups in total. The minimum absolute atomic E-state index is 0.333. The Kier molecular flexibility index (Phi) is 4.05. The molecule has 0 rings (SSSR count). The van der Waals surface area contributed by atoms with Crippen LogP contribution in [-0.4, -0.2) is 18.8 Å². The number of ether oxygens (including phenoxy) is 1. The average Bonchev–Trinajstić information content (AvgIpc) is 1.99. The highest BCUT2D eigenvalue weighted by atomic mass is 19.4. The molecule has 0 spiro atoms. The van der Waals surface area contributed by atoms with Gasteiger partial charge in [0.25, 0.3) is 0 Å². The van der Waals surface area contributed by atoms with Crippen molar-refractivity contribution in [3.8, 4) is 12.3 Å². The van der Waals surface area contributed by atoms with Gasteiger partial charge in [0.1, 0.15) is 0 Å². The molecule has 0 heterocycles. The lowest BCUT2D eigenvalue weighted by molar-refractivity contribution is -0.137. The largest absolute Gasteiger partial charge is 0.449 e. The molecule has 0 amide bonds. The fourth-order valence-corrected chi connectivity index (χ4v) is 0.413. The maximum absolute atomic E-state index is 11.8. The minimum atomic E-state index is -4.50. The molecule has 0 radical (unpaired) electrons. The molecule has 5 heteroatoms. The van der Waals surface area contributed by atoms with Gasteiger partial charge in [-0.15, -0.1) is 6.42 Å². The molecule has 72 valence electrons. The van der Waals surface area contributed by atoms with Gasteiger partial charge in [0.15, 0.2) is 6.61 Å². The summed E-state index contributed by atoms with van der Waals surface area (Å²) in [5, 5.41) is 0. The second kappa shape index (κ2) is 4.55. The Morgan fingerprint density at radius 2 is 2.15 bits per heavy atom. The summed E-state index contributed by atoms with van der Waals surface area (Å²) in [6.45, 7) is 0.442. The number of carbonyl (C=O) groups excluding carboxylic acids is 1. The van der Waals surface area contributed by atoms with E-state index in [4.69, 9.17) is 6.42 Å². The standard InChI is InChI=1S/C8H7F3O2/c1-3-4-13-7(12)5-6(2)8(9,10)11/h1,5H,4H2,2H3/b6-5+. The number of carbonyl (C=O) groups is 1. The zero-order valence-electron chi connectivity index (χ0n) is 6.81. The predicted octanol–water partition coefficient (Wildman–Crippen LogP) is 1.67. The Morgan fingerprint density at radius 3 is 2.54 bits per heavy atom. The van der Waals surface area contributed by atoms with Gasteiger partial charge in [-0.3, -0.25) is 0 Å². The van der Waals surface area contributed by atoms with Crippen LogP contribution < -0.4 is 0 Å². The number of allylic oxidation sites excluding steroid dienone is 1. The van der Waals surface area contributed by atoms with E-state index >= 15 is 0 Å². The third-order valence-corrected chi connectivity index (χ3v) is 1.08. The van der Waals surface area contributed by atoms with Gasteiger partial charge >= 0.3 is 12.1 Å². The molecule has 0 fully saturated rings. The average molecular weight is 192 g/mol. The van der Waals surface area contributed by atoms with Crippen molar-refractivity contribution < 1.29 is 22.7 Å². The molecule has 2 nitrogen and oxygen atoms in total. The fourth-order valence-electron chi connectivity index (χ4n) is 0.413. The molecular formula is C8H7F3O2. The van der Waals surface area contributed by atoms with E-state index in [2.05, 4.69) is 4.74 Å². The maximum Gasteiger partial charge on any atom is 0.412 e. The van der Waals surface area contributed by atoms with Crippen LogP contribution in [0, 0.1) is 12.3 Å². The van der Waals surface area contributed by atoms with E-state index in [0.29, 0.717) is 6.08 Å². The van der Waals surface area contributed by atoms with Crippen molar-refractivity contribution in [1.82, 2.24) is 0 Å². The van der Waals surface area contributed by atoms with Gasteiger partial charge in [-0.2, -0.15) is 13.2 Å². The first-order valence-corrected chi connectivity index (χ1v) is 3.23. The summed E-state index contributed by atoms with van der Waals surface area (Å²) < 4.78 is 39.7. The summed E-state index contributed by atoms with van der Waals surface area (Å²) >= 11 is 0. The van der Waals surface area contributed by atoms with Crippen LogP contribution in [0.1, 0.15) is 6.92 Å². The van der Waals surface area contributed by atoms with Crippen molar-refractivity contribution in [2.24, 2.45) is 0 Å². The normalized spacial score (nSPS) is 12.1. The smallest absolute Gasteiger partial charge is 0.412 e.